The van der Waals surface area contributed by atoms with Gasteiger partial charge in [0.1, 0.15) is 17.7 Å². The van der Waals surface area contributed by atoms with Crippen LogP contribution in [0.3, 0.4) is 0 Å². The number of aromatic nitrogens is 3. The van der Waals surface area contributed by atoms with Crippen LogP contribution in [0.5, 0.6) is 0 Å². The second-order valence-electron chi connectivity index (χ2n) is 7.83. The van der Waals surface area contributed by atoms with E-state index in [1.54, 1.807) is 6.20 Å². The highest BCUT2D eigenvalue weighted by Crippen LogP contribution is 2.45. The van der Waals surface area contributed by atoms with Gasteiger partial charge in [-0.25, -0.2) is 14.4 Å². The Morgan fingerprint density at radius 2 is 2.00 bits per heavy atom. The van der Waals surface area contributed by atoms with Gasteiger partial charge in [0.05, 0.1) is 17.7 Å². The predicted molar refractivity (Wildman–Crippen MR) is 99.4 cm³/mol. The van der Waals surface area contributed by atoms with Crippen molar-refractivity contribution in [3.05, 3.63) is 36.2 Å². The second kappa shape index (κ2) is 6.68. The maximum absolute atomic E-state index is 13.5. The Labute approximate surface area is 164 Å². The molecule has 0 saturated heterocycles. The number of carboxylic acids is 1. The number of hydrogen-bond acceptors (Lipinski definition) is 5. The van der Waals surface area contributed by atoms with Crippen LogP contribution in [-0.2, 0) is 4.79 Å². The SMILES string of the molecule is O=C(NC1[C@H]2CC[C@H](CC2)[C@@H]1C(=O)O)c1coc(-c2c[nH]c3ncc(F)cc23)n1. The molecule has 0 aromatic carbocycles. The summed E-state index contributed by atoms with van der Waals surface area (Å²) in [6, 6.07) is 0.910. The highest BCUT2D eigenvalue weighted by atomic mass is 19.1. The zero-order valence-electron chi connectivity index (χ0n) is 15.4. The van der Waals surface area contributed by atoms with Crippen molar-refractivity contribution in [3.8, 4) is 11.5 Å². The van der Waals surface area contributed by atoms with Crippen LogP contribution in [0.15, 0.2) is 29.1 Å². The summed E-state index contributed by atoms with van der Waals surface area (Å²) in [7, 11) is 0. The summed E-state index contributed by atoms with van der Waals surface area (Å²) < 4.78 is 19.0. The monoisotopic (exact) mass is 398 g/mol. The van der Waals surface area contributed by atoms with E-state index in [0.29, 0.717) is 16.6 Å². The average Bonchev–Trinajstić information content (AvgIpc) is 3.35. The van der Waals surface area contributed by atoms with Gasteiger partial charge in [-0.1, -0.05) is 0 Å². The summed E-state index contributed by atoms with van der Waals surface area (Å²) in [6.07, 6.45) is 7.57. The number of halogens is 1. The topological polar surface area (TPSA) is 121 Å². The van der Waals surface area contributed by atoms with E-state index in [4.69, 9.17) is 4.42 Å². The zero-order chi connectivity index (χ0) is 20.1. The van der Waals surface area contributed by atoms with Crippen molar-refractivity contribution in [3.63, 3.8) is 0 Å². The van der Waals surface area contributed by atoms with Gasteiger partial charge < -0.3 is 19.8 Å². The number of H-pyrrole nitrogens is 1. The van der Waals surface area contributed by atoms with Gasteiger partial charge in [0, 0.05) is 17.6 Å². The van der Waals surface area contributed by atoms with Crippen LogP contribution in [0, 0.1) is 23.6 Å². The van der Waals surface area contributed by atoms with Gasteiger partial charge in [-0.2, -0.15) is 0 Å². The third-order valence-electron chi connectivity index (χ3n) is 6.27. The van der Waals surface area contributed by atoms with Gasteiger partial charge in [0.15, 0.2) is 5.69 Å². The van der Waals surface area contributed by atoms with E-state index in [2.05, 4.69) is 20.3 Å². The molecule has 9 heteroatoms. The van der Waals surface area contributed by atoms with Crippen LogP contribution >= 0.6 is 0 Å². The van der Waals surface area contributed by atoms with Gasteiger partial charge in [-0.05, 0) is 43.6 Å². The van der Waals surface area contributed by atoms with Crippen molar-refractivity contribution < 1.29 is 23.5 Å². The number of nitrogens with zero attached hydrogens (tertiary/aromatic N) is 2. The molecule has 6 rings (SSSR count). The molecule has 3 fully saturated rings. The number of carbonyl (C=O) groups excluding carboxylic acids is 1. The maximum Gasteiger partial charge on any atom is 0.308 e. The summed E-state index contributed by atoms with van der Waals surface area (Å²) in [6.45, 7) is 0. The molecule has 8 nitrogen and oxygen atoms in total. The van der Waals surface area contributed by atoms with Gasteiger partial charge >= 0.3 is 5.97 Å². The Balaban J connectivity index is 1.39. The molecule has 3 saturated carbocycles. The molecule has 3 N–H and O–H groups in total. The fourth-order valence-electron chi connectivity index (χ4n) is 4.89. The lowest BCUT2D eigenvalue weighted by Gasteiger charge is -2.46. The first-order valence-electron chi connectivity index (χ1n) is 9.63. The number of oxazole rings is 1. The molecular formula is C20H19FN4O4. The van der Waals surface area contributed by atoms with E-state index in [-0.39, 0.29) is 23.4 Å². The number of pyridine rings is 1. The van der Waals surface area contributed by atoms with Crippen LogP contribution in [0.25, 0.3) is 22.5 Å². The summed E-state index contributed by atoms with van der Waals surface area (Å²) in [4.78, 5) is 35.6. The molecule has 29 heavy (non-hydrogen) atoms. The molecule has 0 aliphatic heterocycles. The minimum Gasteiger partial charge on any atom is -0.481 e. The van der Waals surface area contributed by atoms with Gasteiger partial charge in [-0.15, -0.1) is 0 Å². The standard InChI is InChI=1S/C20H19FN4O4/c21-11-5-12-13(7-23-17(12)22-6-11)19-24-14(8-29-19)18(26)25-16-10-3-1-9(2-4-10)15(16)20(27)28/h5-10,15-16H,1-4H2,(H,22,23)(H,25,26)(H,27,28)/t9-,10+,15-,16?/m0/s1. The number of amides is 1. The molecule has 3 aliphatic carbocycles. The number of aliphatic carboxylic acids is 1. The lowest BCUT2D eigenvalue weighted by atomic mass is 9.61. The van der Waals surface area contributed by atoms with Crippen molar-refractivity contribution in [1.82, 2.24) is 20.3 Å². The van der Waals surface area contributed by atoms with Gasteiger partial charge in [0.2, 0.25) is 5.89 Å². The van der Waals surface area contributed by atoms with Gasteiger partial charge in [0.25, 0.3) is 5.91 Å². The number of carboxylic acid groups (broad SMARTS) is 1. The lowest BCUT2D eigenvalue weighted by molar-refractivity contribution is -0.149. The Morgan fingerprint density at radius 1 is 1.24 bits per heavy atom. The number of hydrogen-bond donors (Lipinski definition) is 3. The molecule has 0 radical (unpaired) electrons. The Kier molecular flexibility index (Phi) is 4.11. The first-order valence-corrected chi connectivity index (χ1v) is 9.63. The normalized spacial score (nSPS) is 26.0. The van der Waals surface area contributed by atoms with E-state index in [9.17, 15) is 19.1 Å². The summed E-state index contributed by atoms with van der Waals surface area (Å²) in [5, 5.41) is 13.0. The van der Waals surface area contributed by atoms with E-state index in [1.165, 1.54) is 12.3 Å². The van der Waals surface area contributed by atoms with E-state index < -0.39 is 29.7 Å². The maximum atomic E-state index is 13.5. The molecule has 3 aromatic rings. The molecule has 1 amide bonds. The van der Waals surface area contributed by atoms with E-state index in [1.807, 2.05) is 0 Å². The van der Waals surface area contributed by atoms with Crippen molar-refractivity contribution in [1.29, 1.82) is 0 Å². The molecule has 150 valence electrons. The Hall–Kier alpha value is -3.23. The number of carbonyl (C=O) groups is 2. The largest absolute Gasteiger partial charge is 0.481 e. The van der Waals surface area contributed by atoms with Crippen LogP contribution < -0.4 is 5.32 Å². The smallest absolute Gasteiger partial charge is 0.308 e. The molecule has 3 aromatic heterocycles. The quantitative estimate of drug-likeness (QED) is 0.621. The van der Waals surface area contributed by atoms with Crippen LogP contribution in [0.4, 0.5) is 4.39 Å². The first kappa shape index (κ1) is 17.8. The molecule has 3 heterocycles. The molecule has 2 atom stereocenters. The van der Waals surface area contributed by atoms with Crippen molar-refractivity contribution in [2.24, 2.45) is 17.8 Å². The van der Waals surface area contributed by atoms with Crippen molar-refractivity contribution in [2.75, 3.05) is 0 Å². The van der Waals surface area contributed by atoms with Crippen LogP contribution in [0.1, 0.15) is 36.2 Å². The Bertz CT molecular complexity index is 1100. The number of aromatic amines is 1. The minimum absolute atomic E-state index is 0.0595. The van der Waals surface area contributed by atoms with E-state index >= 15 is 0 Å². The van der Waals surface area contributed by atoms with Crippen LogP contribution in [0.2, 0.25) is 0 Å². The number of fused-ring (bicyclic) bond motifs is 4. The fraction of sp³-hybridized carbons (Fsp3) is 0.400. The zero-order valence-corrected chi connectivity index (χ0v) is 15.4. The fourth-order valence-corrected chi connectivity index (χ4v) is 4.89. The first-order chi connectivity index (χ1) is 14.0. The molecule has 2 bridgehead atoms. The molecule has 1 unspecified atom stereocenters. The molecule has 0 spiro atoms. The van der Waals surface area contributed by atoms with Crippen molar-refractivity contribution in [2.45, 2.75) is 31.7 Å². The Morgan fingerprint density at radius 3 is 2.76 bits per heavy atom. The van der Waals surface area contributed by atoms with Crippen molar-refractivity contribution >= 4 is 22.9 Å². The van der Waals surface area contributed by atoms with E-state index in [0.717, 1.165) is 31.9 Å². The van der Waals surface area contributed by atoms with Gasteiger partial charge in [-0.3, -0.25) is 9.59 Å². The van der Waals surface area contributed by atoms with Crippen LogP contribution in [-0.4, -0.2) is 38.0 Å². The lowest BCUT2D eigenvalue weighted by Crippen LogP contribution is -2.56. The minimum atomic E-state index is -0.862. The third-order valence-corrected chi connectivity index (χ3v) is 6.27. The summed E-state index contributed by atoms with van der Waals surface area (Å²) >= 11 is 0. The summed E-state index contributed by atoms with van der Waals surface area (Å²) in [5.74, 6) is -1.96. The third kappa shape index (κ3) is 2.97. The number of nitrogens with one attached hydrogen (secondary N) is 2. The second-order valence-corrected chi connectivity index (χ2v) is 7.83. The average molecular weight is 398 g/mol. The molecule has 3 aliphatic rings. The number of rotatable bonds is 4. The summed E-state index contributed by atoms with van der Waals surface area (Å²) in [5.41, 5.74) is 1.03. The highest BCUT2D eigenvalue weighted by molar-refractivity contribution is 5.95. The predicted octanol–water partition coefficient (Wildman–Crippen LogP) is 2.98. The molecular weight excluding hydrogens is 379 g/mol. The highest BCUT2D eigenvalue weighted by Gasteiger charge is 2.48.